The zero-order valence-electron chi connectivity index (χ0n) is 10.3. The highest BCUT2D eigenvalue weighted by Crippen LogP contribution is 2.23. The largest absolute Gasteiger partial charge is 0.494 e. The molecule has 1 aromatic carbocycles. The minimum atomic E-state index is -4.19. The van der Waals surface area contributed by atoms with Gasteiger partial charge in [0.2, 0.25) is 0 Å². The lowest BCUT2D eigenvalue weighted by Crippen LogP contribution is -2.10. The van der Waals surface area contributed by atoms with Crippen molar-refractivity contribution < 1.29 is 27.4 Å². The molecule has 0 aliphatic rings. The summed E-state index contributed by atoms with van der Waals surface area (Å²) in [6.07, 6.45) is -5.26. The van der Waals surface area contributed by atoms with Crippen LogP contribution in [0.25, 0.3) is 0 Å². The van der Waals surface area contributed by atoms with Gasteiger partial charge in [-0.15, -0.1) is 0 Å². The molecule has 0 aromatic heterocycles. The van der Waals surface area contributed by atoms with Crippen molar-refractivity contribution in [1.29, 1.82) is 0 Å². The molecule has 106 valence electrons. The van der Waals surface area contributed by atoms with Gasteiger partial charge in [0.05, 0.1) is 19.3 Å². The molecule has 0 saturated heterocycles. The van der Waals surface area contributed by atoms with E-state index < -0.39 is 18.6 Å². The summed E-state index contributed by atoms with van der Waals surface area (Å²) in [5, 5.41) is 0. The van der Waals surface area contributed by atoms with Crippen molar-refractivity contribution in [2.45, 2.75) is 19.0 Å². The second-order valence-corrected chi connectivity index (χ2v) is 3.81. The third kappa shape index (κ3) is 5.07. The second kappa shape index (κ2) is 6.31. The van der Waals surface area contributed by atoms with Gasteiger partial charge in [-0.1, -0.05) is 0 Å². The van der Waals surface area contributed by atoms with Gasteiger partial charge in [-0.25, -0.2) is 4.79 Å². The van der Waals surface area contributed by atoms with Gasteiger partial charge < -0.3 is 15.2 Å². The topological polar surface area (TPSA) is 61.5 Å². The van der Waals surface area contributed by atoms with Crippen LogP contribution in [0.2, 0.25) is 0 Å². The molecule has 0 unspecified atom stereocenters. The number of esters is 1. The first-order valence-electron chi connectivity index (χ1n) is 5.51. The lowest BCUT2D eigenvalue weighted by molar-refractivity contribution is -0.136. The molecular weight excluding hydrogens is 263 g/mol. The number of anilines is 1. The summed E-state index contributed by atoms with van der Waals surface area (Å²) >= 11 is 0. The molecule has 0 spiro atoms. The van der Waals surface area contributed by atoms with E-state index in [-0.39, 0.29) is 30.0 Å². The van der Waals surface area contributed by atoms with Crippen molar-refractivity contribution in [3.05, 3.63) is 23.8 Å². The van der Waals surface area contributed by atoms with Crippen molar-refractivity contribution in [2.75, 3.05) is 19.5 Å². The molecule has 19 heavy (non-hydrogen) atoms. The fourth-order valence-corrected chi connectivity index (χ4v) is 1.37. The standard InChI is InChI=1S/C12H14F3NO3/c1-18-11(17)9-7-8(3-4-10(9)16)19-6-2-5-12(13,14)15/h3-4,7H,2,5-6,16H2,1H3. The third-order valence-electron chi connectivity index (χ3n) is 2.30. The second-order valence-electron chi connectivity index (χ2n) is 3.81. The quantitative estimate of drug-likeness (QED) is 0.510. The van der Waals surface area contributed by atoms with Gasteiger partial charge in [0.25, 0.3) is 0 Å². The van der Waals surface area contributed by atoms with Crippen LogP contribution >= 0.6 is 0 Å². The summed E-state index contributed by atoms with van der Waals surface area (Å²) in [5.41, 5.74) is 5.91. The molecular formula is C12H14F3NO3. The number of carbonyl (C=O) groups excluding carboxylic acids is 1. The highest BCUT2D eigenvalue weighted by molar-refractivity contribution is 5.95. The normalized spacial score (nSPS) is 11.2. The van der Waals surface area contributed by atoms with Crippen molar-refractivity contribution in [3.63, 3.8) is 0 Å². The highest BCUT2D eigenvalue weighted by Gasteiger charge is 2.26. The van der Waals surface area contributed by atoms with E-state index >= 15 is 0 Å². The molecule has 0 fully saturated rings. The van der Waals surface area contributed by atoms with E-state index in [9.17, 15) is 18.0 Å². The van der Waals surface area contributed by atoms with Gasteiger partial charge in [-0.3, -0.25) is 0 Å². The predicted molar refractivity (Wildman–Crippen MR) is 63.0 cm³/mol. The molecule has 0 aliphatic carbocycles. The molecule has 0 radical (unpaired) electrons. The number of alkyl halides is 3. The molecule has 0 bridgehead atoms. The number of benzene rings is 1. The Hall–Kier alpha value is -1.92. The Morgan fingerprint density at radius 1 is 1.37 bits per heavy atom. The monoisotopic (exact) mass is 277 g/mol. The zero-order chi connectivity index (χ0) is 14.5. The smallest absolute Gasteiger partial charge is 0.389 e. The molecule has 0 heterocycles. The number of hydrogen-bond acceptors (Lipinski definition) is 4. The number of ether oxygens (including phenoxy) is 2. The van der Waals surface area contributed by atoms with Gasteiger partial charge in [-0.05, 0) is 24.6 Å². The molecule has 1 aromatic rings. The Morgan fingerprint density at radius 3 is 2.63 bits per heavy atom. The summed E-state index contributed by atoms with van der Waals surface area (Å²) < 4.78 is 45.4. The van der Waals surface area contributed by atoms with Crippen LogP contribution in [-0.2, 0) is 4.74 Å². The zero-order valence-corrected chi connectivity index (χ0v) is 10.3. The average molecular weight is 277 g/mol. The SMILES string of the molecule is COC(=O)c1cc(OCCCC(F)(F)F)ccc1N. The molecule has 7 heteroatoms. The van der Waals surface area contributed by atoms with Gasteiger partial charge in [0.1, 0.15) is 5.75 Å². The summed E-state index contributed by atoms with van der Waals surface area (Å²) in [4.78, 5) is 11.3. The molecule has 4 nitrogen and oxygen atoms in total. The molecule has 0 amide bonds. The number of nitrogen functional groups attached to an aromatic ring is 1. The van der Waals surface area contributed by atoms with Crippen molar-refractivity contribution >= 4 is 11.7 Å². The van der Waals surface area contributed by atoms with Gasteiger partial charge >= 0.3 is 12.1 Å². The maximum absolute atomic E-state index is 11.9. The number of rotatable bonds is 5. The molecule has 0 atom stereocenters. The summed E-state index contributed by atoms with van der Waals surface area (Å²) in [6.45, 7) is -0.0932. The van der Waals surface area contributed by atoms with E-state index in [4.69, 9.17) is 10.5 Å². The fourth-order valence-electron chi connectivity index (χ4n) is 1.37. The van der Waals surface area contributed by atoms with Crippen LogP contribution in [0.1, 0.15) is 23.2 Å². The minimum absolute atomic E-state index is 0.0932. The van der Waals surface area contributed by atoms with E-state index in [1.54, 1.807) is 0 Å². The first-order chi connectivity index (χ1) is 8.83. The number of methoxy groups -OCH3 is 1. The van der Waals surface area contributed by atoms with Crippen LogP contribution in [0, 0.1) is 0 Å². The van der Waals surface area contributed by atoms with E-state index in [0.29, 0.717) is 0 Å². The maximum Gasteiger partial charge on any atom is 0.389 e. The number of nitrogens with two attached hydrogens (primary N) is 1. The first kappa shape index (κ1) is 15.1. The Bertz CT molecular complexity index is 446. The molecule has 0 saturated carbocycles. The van der Waals surface area contributed by atoms with Crippen LogP contribution < -0.4 is 10.5 Å². The van der Waals surface area contributed by atoms with Crippen molar-refractivity contribution in [3.8, 4) is 5.75 Å². The Morgan fingerprint density at radius 2 is 2.05 bits per heavy atom. The summed E-state index contributed by atoms with van der Waals surface area (Å²) in [7, 11) is 1.21. The van der Waals surface area contributed by atoms with E-state index in [2.05, 4.69) is 4.74 Å². The van der Waals surface area contributed by atoms with Gasteiger partial charge in [-0.2, -0.15) is 13.2 Å². The van der Waals surface area contributed by atoms with Crippen LogP contribution in [0.15, 0.2) is 18.2 Å². The van der Waals surface area contributed by atoms with Crippen molar-refractivity contribution in [2.24, 2.45) is 0 Å². The average Bonchev–Trinajstić information content (AvgIpc) is 2.34. The van der Waals surface area contributed by atoms with E-state index in [0.717, 1.165) is 0 Å². The Kier molecular flexibility index (Phi) is 5.02. The molecule has 2 N–H and O–H groups in total. The van der Waals surface area contributed by atoms with Crippen LogP contribution in [-0.4, -0.2) is 25.9 Å². The first-order valence-corrected chi connectivity index (χ1v) is 5.51. The molecule has 0 aliphatic heterocycles. The lowest BCUT2D eigenvalue weighted by Gasteiger charge is -2.10. The van der Waals surface area contributed by atoms with Crippen LogP contribution in [0.5, 0.6) is 5.75 Å². The van der Waals surface area contributed by atoms with Gasteiger partial charge in [0.15, 0.2) is 0 Å². The van der Waals surface area contributed by atoms with Crippen molar-refractivity contribution in [1.82, 2.24) is 0 Å². The Balaban J connectivity index is 2.58. The Labute approximate surface area is 108 Å². The van der Waals surface area contributed by atoms with Gasteiger partial charge in [0, 0.05) is 12.1 Å². The number of halogens is 3. The van der Waals surface area contributed by atoms with Crippen LogP contribution in [0.3, 0.4) is 0 Å². The fraction of sp³-hybridized carbons (Fsp3) is 0.417. The van der Waals surface area contributed by atoms with E-state index in [1.807, 2.05) is 0 Å². The predicted octanol–water partition coefficient (Wildman–Crippen LogP) is 2.78. The highest BCUT2D eigenvalue weighted by atomic mass is 19.4. The summed E-state index contributed by atoms with van der Waals surface area (Å²) in [6, 6.07) is 4.26. The lowest BCUT2D eigenvalue weighted by atomic mass is 10.2. The van der Waals surface area contributed by atoms with Crippen LogP contribution in [0.4, 0.5) is 18.9 Å². The number of carbonyl (C=O) groups is 1. The van der Waals surface area contributed by atoms with E-state index in [1.165, 1.54) is 25.3 Å². The summed E-state index contributed by atoms with van der Waals surface area (Å²) in [5.74, 6) is -0.352. The molecule has 1 rings (SSSR count). The minimum Gasteiger partial charge on any atom is -0.494 e. The maximum atomic E-state index is 11.9. The number of hydrogen-bond donors (Lipinski definition) is 1. The third-order valence-corrected chi connectivity index (χ3v) is 2.30.